The van der Waals surface area contributed by atoms with Crippen molar-refractivity contribution in [1.82, 2.24) is 9.62 Å². The maximum atomic E-state index is 12.6. The average Bonchev–Trinajstić information content (AvgIpc) is 2.41. The van der Waals surface area contributed by atoms with Crippen molar-refractivity contribution in [2.75, 3.05) is 20.6 Å². The lowest BCUT2D eigenvalue weighted by molar-refractivity contribution is 0.462. The number of sulfonamides is 1. The zero-order valence-electron chi connectivity index (χ0n) is 12.5. The van der Waals surface area contributed by atoms with Crippen molar-refractivity contribution in [3.05, 3.63) is 42.0 Å². The third kappa shape index (κ3) is 3.91. The number of hydrogen-bond acceptors (Lipinski definition) is 3. The molecule has 0 amide bonds. The van der Waals surface area contributed by atoms with Crippen LogP contribution in [0.3, 0.4) is 0 Å². The Hall–Kier alpha value is -1.17. The molecule has 112 valence electrons. The molecule has 0 aliphatic rings. The molecule has 0 aliphatic heterocycles. The summed E-state index contributed by atoms with van der Waals surface area (Å²) in [6.07, 6.45) is 3.41. The van der Waals surface area contributed by atoms with Gasteiger partial charge in [-0.05, 0) is 44.0 Å². The van der Waals surface area contributed by atoms with E-state index in [0.717, 1.165) is 24.0 Å². The van der Waals surface area contributed by atoms with Gasteiger partial charge in [0.25, 0.3) is 0 Å². The first-order valence-corrected chi connectivity index (χ1v) is 8.19. The number of hydrogen-bond donors (Lipinski definition) is 1. The zero-order valence-corrected chi connectivity index (χ0v) is 13.3. The van der Waals surface area contributed by atoms with E-state index in [9.17, 15) is 8.42 Å². The molecule has 0 aliphatic carbocycles. The summed E-state index contributed by atoms with van der Waals surface area (Å²) in [5.41, 5.74) is 1.82. The third-order valence-corrected chi connectivity index (χ3v) is 5.33. The van der Waals surface area contributed by atoms with E-state index in [-0.39, 0.29) is 0 Å². The van der Waals surface area contributed by atoms with Crippen molar-refractivity contribution in [3.8, 4) is 0 Å². The monoisotopic (exact) mass is 296 g/mol. The lowest BCUT2D eigenvalue weighted by Crippen LogP contribution is -2.28. The van der Waals surface area contributed by atoms with Gasteiger partial charge in [-0.15, -0.1) is 6.58 Å². The van der Waals surface area contributed by atoms with Crippen LogP contribution in [0.4, 0.5) is 0 Å². The summed E-state index contributed by atoms with van der Waals surface area (Å²) in [6, 6.07) is 5.42. The highest BCUT2D eigenvalue weighted by Crippen LogP contribution is 2.22. The quantitative estimate of drug-likeness (QED) is 0.591. The SMILES string of the molecule is C=CCCCN(C)S(=O)(=O)c1cccc(CNC)c1C. The van der Waals surface area contributed by atoms with E-state index in [1.54, 1.807) is 25.3 Å². The highest BCUT2D eigenvalue weighted by molar-refractivity contribution is 7.89. The molecule has 0 aromatic heterocycles. The van der Waals surface area contributed by atoms with Gasteiger partial charge in [0, 0.05) is 20.1 Å². The number of nitrogens with zero attached hydrogens (tertiary/aromatic N) is 1. The Bertz CT molecular complexity index is 553. The summed E-state index contributed by atoms with van der Waals surface area (Å²) in [5.74, 6) is 0. The van der Waals surface area contributed by atoms with Gasteiger partial charge in [-0.2, -0.15) is 0 Å². The van der Waals surface area contributed by atoms with Crippen LogP contribution in [0.1, 0.15) is 24.0 Å². The minimum Gasteiger partial charge on any atom is -0.316 e. The number of unbranched alkanes of at least 4 members (excludes halogenated alkanes) is 1. The molecular formula is C15H24N2O2S. The van der Waals surface area contributed by atoms with Crippen LogP contribution in [0.25, 0.3) is 0 Å². The molecule has 1 aromatic carbocycles. The van der Waals surface area contributed by atoms with Crippen molar-refractivity contribution >= 4 is 10.0 Å². The predicted octanol–water partition coefficient (Wildman–Crippen LogP) is 2.30. The minimum atomic E-state index is -3.42. The van der Waals surface area contributed by atoms with Gasteiger partial charge < -0.3 is 5.32 Å². The second-order valence-electron chi connectivity index (χ2n) is 4.83. The highest BCUT2D eigenvalue weighted by atomic mass is 32.2. The Balaban J connectivity index is 3.03. The van der Waals surface area contributed by atoms with Crippen molar-refractivity contribution in [1.29, 1.82) is 0 Å². The van der Waals surface area contributed by atoms with Crippen LogP contribution in [-0.4, -0.2) is 33.4 Å². The number of nitrogens with one attached hydrogen (secondary N) is 1. The molecule has 0 bridgehead atoms. The Morgan fingerprint density at radius 3 is 2.70 bits per heavy atom. The van der Waals surface area contributed by atoms with Crippen LogP contribution in [0, 0.1) is 6.92 Å². The molecule has 0 spiro atoms. The average molecular weight is 296 g/mol. The first-order chi connectivity index (χ1) is 9.45. The van der Waals surface area contributed by atoms with E-state index in [4.69, 9.17) is 0 Å². The lowest BCUT2D eigenvalue weighted by atomic mass is 10.1. The fourth-order valence-corrected chi connectivity index (χ4v) is 3.54. The molecule has 0 saturated heterocycles. The number of benzene rings is 1. The van der Waals surface area contributed by atoms with Gasteiger partial charge in [-0.1, -0.05) is 18.2 Å². The van der Waals surface area contributed by atoms with E-state index in [0.29, 0.717) is 18.0 Å². The Labute approximate surface area is 122 Å². The maximum Gasteiger partial charge on any atom is 0.243 e. The number of allylic oxidation sites excluding steroid dienone is 1. The van der Waals surface area contributed by atoms with E-state index in [2.05, 4.69) is 11.9 Å². The van der Waals surface area contributed by atoms with Crippen LogP contribution in [0.2, 0.25) is 0 Å². The highest BCUT2D eigenvalue weighted by Gasteiger charge is 2.23. The second-order valence-corrected chi connectivity index (χ2v) is 6.84. The molecule has 0 radical (unpaired) electrons. The summed E-state index contributed by atoms with van der Waals surface area (Å²) in [4.78, 5) is 0.395. The molecule has 1 aromatic rings. The largest absolute Gasteiger partial charge is 0.316 e. The predicted molar refractivity (Wildman–Crippen MR) is 83.2 cm³/mol. The second kappa shape index (κ2) is 7.57. The van der Waals surface area contributed by atoms with Crippen molar-refractivity contribution in [3.63, 3.8) is 0 Å². The fourth-order valence-electron chi connectivity index (χ4n) is 2.07. The molecule has 5 heteroatoms. The van der Waals surface area contributed by atoms with Crippen molar-refractivity contribution in [2.45, 2.75) is 31.2 Å². The lowest BCUT2D eigenvalue weighted by Gasteiger charge is -2.19. The zero-order chi connectivity index (χ0) is 15.2. The van der Waals surface area contributed by atoms with Gasteiger partial charge in [0.15, 0.2) is 0 Å². The van der Waals surface area contributed by atoms with Crippen molar-refractivity contribution < 1.29 is 8.42 Å². The van der Waals surface area contributed by atoms with Gasteiger partial charge in [0.1, 0.15) is 0 Å². The molecule has 0 heterocycles. The molecular weight excluding hydrogens is 272 g/mol. The first kappa shape index (κ1) is 16.9. The van der Waals surface area contributed by atoms with Crippen molar-refractivity contribution in [2.24, 2.45) is 0 Å². The van der Waals surface area contributed by atoms with Gasteiger partial charge in [-0.3, -0.25) is 0 Å². The van der Waals surface area contributed by atoms with Crippen LogP contribution < -0.4 is 5.32 Å². The number of rotatable bonds is 8. The minimum absolute atomic E-state index is 0.395. The maximum absolute atomic E-state index is 12.6. The summed E-state index contributed by atoms with van der Waals surface area (Å²) >= 11 is 0. The smallest absolute Gasteiger partial charge is 0.243 e. The van der Waals surface area contributed by atoms with Gasteiger partial charge in [0.2, 0.25) is 10.0 Å². The normalized spacial score (nSPS) is 11.8. The van der Waals surface area contributed by atoms with Gasteiger partial charge >= 0.3 is 0 Å². The standard InChI is InChI=1S/C15H24N2O2S/c1-5-6-7-11-17(4)20(18,19)15-10-8-9-14(12-16-3)13(15)2/h5,8-10,16H,1,6-7,11-12H2,2-4H3. The Kier molecular flexibility index (Phi) is 6.39. The van der Waals surface area contributed by atoms with E-state index in [1.165, 1.54) is 4.31 Å². The summed E-state index contributed by atoms with van der Waals surface area (Å²) in [5, 5.41) is 3.06. The fraction of sp³-hybridized carbons (Fsp3) is 0.467. The van der Waals surface area contributed by atoms with E-state index in [1.807, 2.05) is 20.0 Å². The summed E-state index contributed by atoms with van der Waals surface area (Å²) in [7, 11) is 0.0571. The van der Waals surface area contributed by atoms with Crippen LogP contribution in [0.5, 0.6) is 0 Å². The summed E-state index contributed by atoms with van der Waals surface area (Å²) in [6.45, 7) is 6.67. The van der Waals surface area contributed by atoms with E-state index >= 15 is 0 Å². The van der Waals surface area contributed by atoms with Gasteiger partial charge in [-0.25, -0.2) is 12.7 Å². The molecule has 4 nitrogen and oxygen atoms in total. The van der Waals surface area contributed by atoms with Crippen LogP contribution in [0.15, 0.2) is 35.7 Å². The molecule has 1 rings (SSSR count). The first-order valence-electron chi connectivity index (χ1n) is 6.75. The van der Waals surface area contributed by atoms with Crippen LogP contribution in [-0.2, 0) is 16.6 Å². The van der Waals surface area contributed by atoms with Gasteiger partial charge in [0.05, 0.1) is 4.90 Å². The van der Waals surface area contributed by atoms with E-state index < -0.39 is 10.0 Å². The Morgan fingerprint density at radius 2 is 2.10 bits per heavy atom. The third-order valence-electron chi connectivity index (χ3n) is 3.33. The molecule has 0 saturated carbocycles. The molecule has 0 unspecified atom stereocenters. The summed E-state index contributed by atoms with van der Waals surface area (Å²) < 4.78 is 26.6. The van der Waals surface area contributed by atoms with Crippen LogP contribution >= 0.6 is 0 Å². The molecule has 0 fully saturated rings. The molecule has 0 atom stereocenters. The topological polar surface area (TPSA) is 49.4 Å². The Morgan fingerprint density at radius 1 is 1.40 bits per heavy atom. The molecule has 1 N–H and O–H groups in total. The molecule has 20 heavy (non-hydrogen) atoms.